The van der Waals surface area contributed by atoms with Crippen LogP contribution in [0.1, 0.15) is 362 Å². The molecule has 5 atom stereocenters. The maximum atomic E-state index is 13.1. The summed E-state index contributed by atoms with van der Waals surface area (Å²) in [5.74, 6) is -2.21. The Bertz CT molecular complexity index is 2100. The third-order valence-corrected chi connectivity index (χ3v) is 18.9. The van der Waals surface area contributed by atoms with E-state index in [9.17, 15) is 43.2 Å². The van der Waals surface area contributed by atoms with Crippen LogP contribution in [0.5, 0.6) is 0 Å². The molecule has 0 aromatic heterocycles. The highest BCUT2D eigenvalue weighted by atomic mass is 31.2. The predicted octanol–water partition coefficient (Wildman–Crippen LogP) is 22.7. The summed E-state index contributed by atoms with van der Waals surface area (Å²) in [6.45, 7) is 4.83. The van der Waals surface area contributed by atoms with Gasteiger partial charge < -0.3 is 33.8 Å². The average molecular weight is 1430 g/mol. The van der Waals surface area contributed by atoms with Crippen LogP contribution in [0.15, 0.2) is 60.8 Å². The number of aliphatic hydroxyl groups excluding tert-OH is 1. The molecule has 2 unspecified atom stereocenters. The van der Waals surface area contributed by atoms with Gasteiger partial charge in [0.1, 0.15) is 19.3 Å². The van der Waals surface area contributed by atoms with Crippen LogP contribution in [0.2, 0.25) is 0 Å². The van der Waals surface area contributed by atoms with Crippen molar-refractivity contribution in [2.24, 2.45) is 0 Å². The number of hydrogen-bond donors (Lipinski definition) is 3. The van der Waals surface area contributed by atoms with E-state index >= 15 is 0 Å². The van der Waals surface area contributed by atoms with E-state index in [0.29, 0.717) is 32.1 Å². The fraction of sp³-hybridized carbons (Fsp3) is 0.823. The van der Waals surface area contributed by atoms with Crippen molar-refractivity contribution in [3.05, 3.63) is 60.8 Å². The Morgan fingerprint density at radius 3 is 0.837 bits per heavy atom. The van der Waals surface area contributed by atoms with E-state index in [2.05, 4.69) is 76.3 Å². The van der Waals surface area contributed by atoms with Crippen LogP contribution in [-0.4, -0.2) is 96.7 Å². The summed E-state index contributed by atoms with van der Waals surface area (Å²) in [6, 6.07) is 0. The van der Waals surface area contributed by atoms with Crippen molar-refractivity contribution in [2.45, 2.75) is 380 Å². The molecule has 0 heterocycles. The van der Waals surface area contributed by atoms with Gasteiger partial charge >= 0.3 is 39.5 Å². The van der Waals surface area contributed by atoms with E-state index < -0.39 is 97.5 Å². The van der Waals surface area contributed by atoms with Gasteiger partial charge in [0.2, 0.25) is 0 Å². The number of unbranched alkanes of at least 4 members (excludes halogenated alkanes) is 39. The lowest BCUT2D eigenvalue weighted by molar-refractivity contribution is -0.161. The summed E-state index contributed by atoms with van der Waals surface area (Å²) in [5, 5.41) is 10.6. The standard InChI is InChI=1S/C79H144O17P2/c1-5-9-13-17-21-25-29-33-35-36-38-42-46-50-54-58-62-66-79(84)96-75(69-89-76(81)63-59-55-51-47-43-39-31-27-23-19-15-11-7-3)72-94-98(87,88)92-68-73(80)67-91-97(85,86)93-71-74(95-78(83)65-61-57-53-49-45-40-32-28-24-20-16-12-8-4)70-90-77(82)64-60-56-52-48-44-41-37-34-30-26-22-18-14-10-6-2/h21,25,33-35,37-38,42,50,54,73-75,80H,5-20,22-24,26-32,36,39-41,43-49,51-53,55-72H2,1-4H3,(H,85,86)(H,87,88)/b25-21-,35-33-,37-34-,42-38-,54-50-/t73-,74-,75-/m1/s1. The second kappa shape index (κ2) is 72.1. The third-order valence-electron chi connectivity index (χ3n) is 17.0. The third kappa shape index (κ3) is 71.2. The molecule has 3 N–H and O–H groups in total. The normalized spacial score (nSPS) is 14.2. The lowest BCUT2D eigenvalue weighted by Gasteiger charge is -2.21. The Hall–Kier alpha value is -3.24. The minimum absolute atomic E-state index is 0.0242. The summed E-state index contributed by atoms with van der Waals surface area (Å²) in [6.07, 6.45) is 70.6. The summed E-state index contributed by atoms with van der Waals surface area (Å²) < 4.78 is 68.5. The summed E-state index contributed by atoms with van der Waals surface area (Å²) in [7, 11) is -9.95. The summed E-state index contributed by atoms with van der Waals surface area (Å²) >= 11 is 0. The van der Waals surface area contributed by atoms with Crippen LogP contribution >= 0.6 is 15.6 Å². The lowest BCUT2D eigenvalue weighted by Crippen LogP contribution is -2.30. The number of aliphatic hydroxyl groups is 1. The van der Waals surface area contributed by atoms with Gasteiger partial charge in [-0.2, -0.15) is 0 Å². The van der Waals surface area contributed by atoms with Gasteiger partial charge in [-0.05, 0) is 89.9 Å². The van der Waals surface area contributed by atoms with Crippen molar-refractivity contribution in [1.29, 1.82) is 0 Å². The van der Waals surface area contributed by atoms with Crippen LogP contribution in [0.25, 0.3) is 0 Å². The Morgan fingerprint density at radius 2 is 0.510 bits per heavy atom. The molecule has 0 radical (unpaired) electrons. The zero-order valence-electron chi connectivity index (χ0n) is 62.5. The monoisotopic (exact) mass is 1430 g/mol. The van der Waals surface area contributed by atoms with Crippen LogP contribution in [0.4, 0.5) is 0 Å². The van der Waals surface area contributed by atoms with Gasteiger partial charge in [0, 0.05) is 25.7 Å². The Labute approximate surface area is 597 Å². The molecule has 0 aliphatic carbocycles. The van der Waals surface area contributed by atoms with E-state index in [-0.39, 0.29) is 25.7 Å². The van der Waals surface area contributed by atoms with Crippen molar-refractivity contribution in [1.82, 2.24) is 0 Å². The number of ether oxygens (including phenoxy) is 4. The Kier molecular flexibility index (Phi) is 69.7. The molecule has 572 valence electrons. The van der Waals surface area contributed by atoms with Crippen LogP contribution in [0.3, 0.4) is 0 Å². The number of carbonyl (C=O) groups is 4. The maximum absolute atomic E-state index is 13.1. The van der Waals surface area contributed by atoms with Crippen LogP contribution < -0.4 is 0 Å². The fourth-order valence-corrected chi connectivity index (χ4v) is 12.5. The molecule has 0 rings (SSSR count). The number of hydrogen-bond acceptors (Lipinski definition) is 15. The molecule has 0 amide bonds. The van der Waals surface area contributed by atoms with Gasteiger partial charge in [-0.15, -0.1) is 0 Å². The molecule has 0 aliphatic rings. The lowest BCUT2D eigenvalue weighted by atomic mass is 10.0. The Morgan fingerprint density at radius 1 is 0.286 bits per heavy atom. The number of rotatable bonds is 75. The van der Waals surface area contributed by atoms with E-state index in [0.717, 1.165) is 109 Å². The topological polar surface area (TPSA) is 237 Å². The van der Waals surface area contributed by atoms with Crippen LogP contribution in [-0.2, 0) is 65.4 Å². The molecule has 17 nitrogen and oxygen atoms in total. The van der Waals surface area contributed by atoms with Gasteiger partial charge in [-0.25, -0.2) is 9.13 Å². The molecule has 0 fully saturated rings. The molecule has 0 saturated heterocycles. The quantitative estimate of drug-likeness (QED) is 0.0169. The largest absolute Gasteiger partial charge is 0.472 e. The number of allylic oxidation sites excluding steroid dienone is 10. The smallest absolute Gasteiger partial charge is 0.462 e. The first-order valence-electron chi connectivity index (χ1n) is 39.5. The highest BCUT2D eigenvalue weighted by Crippen LogP contribution is 2.45. The van der Waals surface area contributed by atoms with Gasteiger partial charge in [0.15, 0.2) is 12.2 Å². The summed E-state index contributed by atoms with van der Waals surface area (Å²) in [5.41, 5.74) is 0. The summed E-state index contributed by atoms with van der Waals surface area (Å²) in [4.78, 5) is 72.9. The minimum atomic E-state index is -4.98. The molecule has 0 aliphatic heterocycles. The highest BCUT2D eigenvalue weighted by Gasteiger charge is 2.30. The van der Waals surface area contributed by atoms with E-state index in [4.69, 9.17) is 37.0 Å². The molecule has 19 heteroatoms. The molecule has 0 aromatic carbocycles. The second-order valence-electron chi connectivity index (χ2n) is 26.7. The molecular weight excluding hydrogens is 1280 g/mol. The number of carbonyl (C=O) groups excluding carboxylic acids is 4. The molecule has 0 saturated carbocycles. The fourth-order valence-electron chi connectivity index (χ4n) is 10.9. The molecule has 0 bridgehead atoms. The highest BCUT2D eigenvalue weighted by molar-refractivity contribution is 7.47. The number of phosphoric ester groups is 2. The van der Waals surface area contributed by atoms with E-state index in [1.165, 1.54) is 167 Å². The predicted molar refractivity (Wildman–Crippen MR) is 400 cm³/mol. The Balaban J connectivity index is 5.36. The van der Waals surface area contributed by atoms with Gasteiger partial charge in [0.25, 0.3) is 0 Å². The SMILES string of the molecule is CCCCC/C=C\C/C=C\C/C=C\C/C=C\CCCC(=O)O[C@H](COC(=O)CCCCCCCCCCCCCCC)COP(=O)(O)OC[C@H](O)COP(=O)(O)OC[C@@H](COC(=O)CCCCCCC/C=C\CCCCCCCC)OC(=O)CCCCCCCCCCCCCCC. The van der Waals surface area contributed by atoms with Gasteiger partial charge in [0.05, 0.1) is 26.4 Å². The van der Waals surface area contributed by atoms with E-state index in [1.54, 1.807) is 0 Å². The zero-order valence-corrected chi connectivity index (χ0v) is 64.3. The van der Waals surface area contributed by atoms with E-state index in [1.807, 2.05) is 12.2 Å². The van der Waals surface area contributed by atoms with Crippen molar-refractivity contribution in [3.63, 3.8) is 0 Å². The molecule has 0 aromatic rings. The molecular formula is C79H144O17P2. The first-order chi connectivity index (χ1) is 47.7. The molecule has 98 heavy (non-hydrogen) atoms. The zero-order chi connectivity index (χ0) is 71.8. The van der Waals surface area contributed by atoms with Crippen LogP contribution in [0, 0.1) is 0 Å². The van der Waals surface area contributed by atoms with Crippen molar-refractivity contribution in [2.75, 3.05) is 39.6 Å². The number of phosphoric acid groups is 2. The van der Waals surface area contributed by atoms with Gasteiger partial charge in [-0.1, -0.05) is 307 Å². The first kappa shape index (κ1) is 94.8. The van der Waals surface area contributed by atoms with Gasteiger partial charge in [-0.3, -0.25) is 37.3 Å². The molecule has 0 spiro atoms. The van der Waals surface area contributed by atoms with Crippen molar-refractivity contribution in [3.8, 4) is 0 Å². The minimum Gasteiger partial charge on any atom is -0.462 e. The van der Waals surface area contributed by atoms with Crippen molar-refractivity contribution >= 4 is 39.5 Å². The number of esters is 4. The van der Waals surface area contributed by atoms with Crippen molar-refractivity contribution < 1.29 is 80.2 Å². The first-order valence-corrected chi connectivity index (χ1v) is 42.5. The maximum Gasteiger partial charge on any atom is 0.472 e. The average Bonchev–Trinajstić information content (AvgIpc) is 1.02. The second-order valence-corrected chi connectivity index (χ2v) is 29.6.